The van der Waals surface area contributed by atoms with Gasteiger partial charge in [0.05, 0.1) is 0 Å². The largest absolute Gasteiger partial charge is 0.480 e. The first kappa shape index (κ1) is 10.8. The van der Waals surface area contributed by atoms with Crippen LogP contribution in [0.1, 0.15) is 12.8 Å². The fraction of sp³-hybridized carbons (Fsp3) is 0.600. The number of amides is 1. The van der Waals surface area contributed by atoms with Gasteiger partial charge >= 0.3 is 5.97 Å². The van der Waals surface area contributed by atoms with Crippen LogP contribution >= 0.6 is 0 Å². The van der Waals surface area contributed by atoms with Crippen LogP contribution in [-0.4, -0.2) is 28.1 Å². The average molecular weight is 176 g/mol. The van der Waals surface area contributed by atoms with E-state index < -0.39 is 17.9 Å². The molecule has 0 saturated heterocycles. The highest BCUT2D eigenvalue weighted by Gasteiger charge is 2.21. The molecule has 7 nitrogen and oxygen atoms in total. The summed E-state index contributed by atoms with van der Waals surface area (Å²) in [5, 5.41) is 9.05. The van der Waals surface area contributed by atoms with E-state index in [0.29, 0.717) is 5.12 Å². The summed E-state index contributed by atoms with van der Waals surface area (Å²) in [5.41, 5.74) is 4.81. The molecule has 0 aromatic carbocycles. The van der Waals surface area contributed by atoms with E-state index >= 15 is 0 Å². The van der Waals surface area contributed by atoms with E-state index in [4.69, 9.17) is 22.5 Å². The number of nitrogens with zero attached hydrogens (tertiary/aromatic N) is 1. The molecule has 0 saturated carbocycles. The second-order valence-corrected chi connectivity index (χ2v) is 2.31. The molecule has 1 amide bonds. The normalized spacial score (nSPS) is 12.9. The maximum Gasteiger partial charge on any atom is 0.323 e. The summed E-state index contributed by atoms with van der Waals surface area (Å²) >= 11 is 0. The first-order chi connectivity index (χ1) is 5.45. The smallest absolute Gasteiger partial charge is 0.323 e. The third-order valence-electron chi connectivity index (χ3n) is 1.31. The summed E-state index contributed by atoms with van der Waals surface area (Å²) in [6, 6.07) is -1.07. The minimum absolute atomic E-state index is 0.0116. The maximum absolute atomic E-state index is 10.4. The molecule has 0 unspecified atom stereocenters. The van der Waals surface area contributed by atoms with Gasteiger partial charge in [-0.05, 0) is 6.42 Å². The van der Waals surface area contributed by atoms with Crippen LogP contribution in [0, 0.1) is 0 Å². The van der Waals surface area contributed by atoms with Crippen molar-refractivity contribution in [2.75, 3.05) is 0 Å². The highest BCUT2D eigenvalue weighted by Crippen LogP contribution is 1.99. The highest BCUT2D eigenvalue weighted by atomic mass is 16.4. The lowest BCUT2D eigenvalue weighted by Crippen LogP contribution is -2.50. The molecule has 0 spiro atoms. The Bertz CT molecular complexity index is 182. The number of carbonyl (C=O) groups excluding carboxylic acids is 1. The Balaban J connectivity index is 3.97. The first-order valence-electron chi connectivity index (χ1n) is 3.25. The summed E-state index contributed by atoms with van der Waals surface area (Å²) in [5.74, 6) is 8.24. The summed E-state index contributed by atoms with van der Waals surface area (Å²) in [6.45, 7) is 0. The lowest BCUT2D eigenvalue weighted by molar-refractivity contribution is -0.143. The SMILES string of the molecule is NC(=O)CC[C@@H](C(=O)O)N(N)N. The molecule has 70 valence electrons. The molecule has 0 aromatic heterocycles. The molecule has 1 atom stereocenters. The lowest BCUT2D eigenvalue weighted by Gasteiger charge is -2.17. The summed E-state index contributed by atoms with van der Waals surface area (Å²) in [6.07, 6.45) is -0.0421. The Kier molecular flexibility index (Phi) is 4.19. The second kappa shape index (κ2) is 4.65. The van der Waals surface area contributed by atoms with Crippen LogP contribution < -0.4 is 17.4 Å². The fourth-order valence-corrected chi connectivity index (χ4v) is 0.679. The minimum Gasteiger partial charge on any atom is -0.480 e. The first-order valence-corrected chi connectivity index (χ1v) is 3.25. The molecule has 0 radical (unpaired) electrons. The van der Waals surface area contributed by atoms with Gasteiger partial charge in [-0.1, -0.05) is 0 Å². The van der Waals surface area contributed by atoms with E-state index in [1.807, 2.05) is 0 Å². The number of aliphatic carboxylic acids is 1. The molecule has 7 heteroatoms. The van der Waals surface area contributed by atoms with Gasteiger partial charge in [0, 0.05) is 6.42 Å². The van der Waals surface area contributed by atoms with Crippen LogP contribution in [0.15, 0.2) is 0 Å². The second-order valence-electron chi connectivity index (χ2n) is 2.31. The molecule has 0 aliphatic heterocycles. The van der Waals surface area contributed by atoms with E-state index in [0.717, 1.165) is 0 Å². The minimum atomic E-state index is -1.18. The Hall–Kier alpha value is -1.18. The van der Waals surface area contributed by atoms with Gasteiger partial charge in [-0.25, -0.2) is 0 Å². The number of rotatable bonds is 5. The van der Waals surface area contributed by atoms with Gasteiger partial charge in [0.2, 0.25) is 5.91 Å². The van der Waals surface area contributed by atoms with Crippen molar-refractivity contribution in [1.29, 1.82) is 0 Å². The number of carboxylic acids is 1. The third kappa shape index (κ3) is 3.86. The monoisotopic (exact) mass is 176 g/mol. The zero-order chi connectivity index (χ0) is 9.72. The standard InChI is InChI=1S/C5H12N4O3/c6-4(10)2-1-3(5(11)12)9(7)8/h3H,1-2,7-8H2,(H2,6,10)(H,11,12)/t3-/m0/s1. The molecule has 0 aliphatic rings. The van der Waals surface area contributed by atoms with Gasteiger partial charge in [-0.15, -0.1) is 0 Å². The van der Waals surface area contributed by atoms with Crippen molar-refractivity contribution in [3.63, 3.8) is 0 Å². The molecule has 0 bridgehead atoms. The number of hydrazine groups is 2. The summed E-state index contributed by atoms with van der Waals surface area (Å²) in [7, 11) is 0. The highest BCUT2D eigenvalue weighted by molar-refractivity contribution is 5.77. The quantitative estimate of drug-likeness (QED) is 0.276. The van der Waals surface area contributed by atoms with Crippen LogP contribution in [0.2, 0.25) is 0 Å². The molecule has 0 heterocycles. The van der Waals surface area contributed by atoms with Gasteiger partial charge in [0.1, 0.15) is 6.04 Å². The molecule has 0 fully saturated rings. The molecule has 0 aromatic rings. The van der Waals surface area contributed by atoms with Crippen molar-refractivity contribution >= 4 is 11.9 Å². The van der Waals surface area contributed by atoms with Gasteiger partial charge in [-0.2, -0.15) is 5.12 Å². The molecular formula is C5H12N4O3. The van der Waals surface area contributed by atoms with E-state index in [1.165, 1.54) is 0 Å². The topological polar surface area (TPSA) is 136 Å². The Morgan fingerprint density at radius 1 is 1.42 bits per heavy atom. The number of carboxylic acid groups (broad SMARTS) is 1. The van der Waals surface area contributed by atoms with Crippen molar-refractivity contribution in [2.24, 2.45) is 17.4 Å². The molecule has 12 heavy (non-hydrogen) atoms. The van der Waals surface area contributed by atoms with Crippen LogP contribution in [0.4, 0.5) is 0 Å². The van der Waals surface area contributed by atoms with E-state index in [2.05, 4.69) is 0 Å². The average Bonchev–Trinajstić information content (AvgIpc) is 1.84. The van der Waals surface area contributed by atoms with Crippen molar-refractivity contribution in [3.8, 4) is 0 Å². The lowest BCUT2D eigenvalue weighted by atomic mass is 10.1. The predicted octanol–water partition coefficient (Wildman–Crippen LogP) is -2.25. The molecular weight excluding hydrogens is 164 g/mol. The maximum atomic E-state index is 10.4. The van der Waals surface area contributed by atoms with Gasteiger partial charge in [-0.3, -0.25) is 21.3 Å². The predicted molar refractivity (Wildman–Crippen MR) is 40.1 cm³/mol. The fourth-order valence-electron chi connectivity index (χ4n) is 0.679. The van der Waals surface area contributed by atoms with E-state index in [-0.39, 0.29) is 12.8 Å². The number of hydrogen-bond acceptors (Lipinski definition) is 5. The zero-order valence-electron chi connectivity index (χ0n) is 6.43. The van der Waals surface area contributed by atoms with Gasteiger partial charge in [0.15, 0.2) is 0 Å². The zero-order valence-corrected chi connectivity index (χ0v) is 6.43. The molecule has 0 rings (SSSR count). The Morgan fingerprint density at radius 2 is 1.92 bits per heavy atom. The summed E-state index contributed by atoms with van der Waals surface area (Å²) in [4.78, 5) is 20.7. The van der Waals surface area contributed by atoms with Crippen molar-refractivity contribution in [3.05, 3.63) is 0 Å². The third-order valence-corrected chi connectivity index (χ3v) is 1.31. The van der Waals surface area contributed by atoms with Crippen LogP contribution in [-0.2, 0) is 9.59 Å². The number of primary amides is 1. The number of nitrogens with two attached hydrogens (primary N) is 3. The summed E-state index contributed by atoms with van der Waals surface area (Å²) < 4.78 is 0. The van der Waals surface area contributed by atoms with E-state index in [9.17, 15) is 9.59 Å². The Morgan fingerprint density at radius 3 is 2.17 bits per heavy atom. The molecule has 7 N–H and O–H groups in total. The van der Waals surface area contributed by atoms with Crippen molar-refractivity contribution in [2.45, 2.75) is 18.9 Å². The van der Waals surface area contributed by atoms with Crippen molar-refractivity contribution in [1.82, 2.24) is 5.12 Å². The number of carbonyl (C=O) groups is 2. The van der Waals surface area contributed by atoms with Gasteiger partial charge < -0.3 is 10.8 Å². The molecule has 0 aliphatic carbocycles. The van der Waals surface area contributed by atoms with E-state index in [1.54, 1.807) is 0 Å². The van der Waals surface area contributed by atoms with Crippen LogP contribution in [0.5, 0.6) is 0 Å². The number of hydrogen-bond donors (Lipinski definition) is 4. The Labute approximate surface area is 69.0 Å². The van der Waals surface area contributed by atoms with Crippen LogP contribution in [0.3, 0.4) is 0 Å². The van der Waals surface area contributed by atoms with Crippen LogP contribution in [0.25, 0.3) is 0 Å². The van der Waals surface area contributed by atoms with Gasteiger partial charge in [0.25, 0.3) is 0 Å². The van der Waals surface area contributed by atoms with Crippen molar-refractivity contribution < 1.29 is 14.7 Å².